The van der Waals surface area contributed by atoms with Gasteiger partial charge in [0.05, 0.1) is 0 Å². The second-order valence-electron chi connectivity index (χ2n) is 6.54. The lowest BCUT2D eigenvalue weighted by molar-refractivity contribution is -0.134. The van der Waals surface area contributed by atoms with Gasteiger partial charge in [-0.3, -0.25) is 14.5 Å². The van der Waals surface area contributed by atoms with Gasteiger partial charge in [0.25, 0.3) is 5.91 Å². The van der Waals surface area contributed by atoms with Crippen molar-refractivity contribution < 1.29 is 18.8 Å². The summed E-state index contributed by atoms with van der Waals surface area (Å²) in [7, 11) is 0. The Morgan fingerprint density at radius 1 is 1.21 bits per heavy atom. The molecule has 3 rings (SSSR count). The molecular weight excluding hydrogens is 385 g/mol. The molecule has 146 valence electrons. The number of nitrogens with zero attached hydrogens (tertiary/aromatic N) is 2. The normalized spacial score (nSPS) is 18.9. The number of benzene rings is 2. The van der Waals surface area contributed by atoms with Gasteiger partial charge in [-0.25, -0.2) is 9.18 Å². The smallest absolute Gasteiger partial charge is 0.319 e. The minimum Gasteiger partial charge on any atom is -0.319 e. The number of nitrogens with one attached hydrogen (secondary N) is 1. The number of likely N-dealkylation sites (N-methyl/N-ethyl adjacent to an activating group) is 1. The van der Waals surface area contributed by atoms with E-state index in [2.05, 4.69) is 5.32 Å². The predicted octanol–water partition coefficient (Wildman–Crippen LogP) is 3.30. The molecule has 0 aliphatic carbocycles. The van der Waals surface area contributed by atoms with Gasteiger partial charge in [0.15, 0.2) is 0 Å². The molecule has 6 nitrogen and oxygen atoms in total. The molecule has 1 aliphatic rings. The SMILES string of the molecule is CCN(C(=O)CN1C(=O)NC(C)(c2ccc(F)cc2Cl)C1=O)c1ccccc1. The van der Waals surface area contributed by atoms with E-state index in [1.165, 1.54) is 17.9 Å². The largest absolute Gasteiger partial charge is 0.325 e. The molecule has 1 heterocycles. The topological polar surface area (TPSA) is 69.7 Å². The summed E-state index contributed by atoms with van der Waals surface area (Å²) in [6.45, 7) is 3.25. The highest BCUT2D eigenvalue weighted by molar-refractivity contribution is 6.32. The lowest BCUT2D eigenvalue weighted by atomic mass is 9.92. The standard InChI is InChI=1S/C20H19ClFN3O3/c1-3-24(14-7-5-4-6-8-14)17(26)12-25-18(27)20(2,23-19(25)28)15-10-9-13(22)11-16(15)21/h4-11H,3,12H2,1-2H3,(H,23,28). The second-order valence-corrected chi connectivity index (χ2v) is 6.95. The number of hydrogen-bond acceptors (Lipinski definition) is 3. The first-order valence-corrected chi connectivity index (χ1v) is 9.10. The molecule has 0 aromatic heterocycles. The van der Waals surface area contributed by atoms with Gasteiger partial charge in [-0.2, -0.15) is 0 Å². The summed E-state index contributed by atoms with van der Waals surface area (Å²) in [6.07, 6.45) is 0. The number of imide groups is 1. The van der Waals surface area contributed by atoms with Crippen LogP contribution in [0.25, 0.3) is 0 Å². The summed E-state index contributed by atoms with van der Waals surface area (Å²) in [5.41, 5.74) is -0.544. The van der Waals surface area contributed by atoms with Crippen LogP contribution in [0.15, 0.2) is 48.5 Å². The minimum absolute atomic E-state index is 0.0174. The molecule has 1 atom stereocenters. The Balaban J connectivity index is 1.85. The van der Waals surface area contributed by atoms with Crippen molar-refractivity contribution in [3.05, 3.63) is 64.9 Å². The molecule has 0 saturated carbocycles. The first kappa shape index (κ1) is 19.8. The number of hydrogen-bond donors (Lipinski definition) is 1. The van der Waals surface area contributed by atoms with Crippen LogP contribution in [0.3, 0.4) is 0 Å². The Morgan fingerprint density at radius 2 is 1.89 bits per heavy atom. The molecule has 4 amide bonds. The molecule has 2 aromatic carbocycles. The molecule has 1 fully saturated rings. The van der Waals surface area contributed by atoms with Crippen molar-refractivity contribution in [2.24, 2.45) is 0 Å². The molecule has 8 heteroatoms. The second kappa shape index (κ2) is 7.59. The van der Waals surface area contributed by atoms with Crippen LogP contribution in [0.1, 0.15) is 19.4 Å². The van der Waals surface area contributed by atoms with E-state index >= 15 is 0 Å². The maximum atomic E-state index is 13.4. The van der Waals surface area contributed by atoms with Gasteiger partial charge in [0.2, 0.25) is 5.91 Å². The fraction of sp³-hybridized carbons (Fsp3) is 0.250. The molecule has 28 heavy (non-hydrogen) atoms. The summed E-state index contributed by atoms with van der Waals surface area (Å²) in [5.74, 6) is -1.57. The van der Waals surface area contributed by atoms with Crippen LogP contribution in [0.5, 0.6) is 0 Å². The molecule has 1 N–H and O–H groups in total. The van der Waals surface area contributed by atoms with Gasteiger partial charge >= 0.3 is 6.03 Å². The number of rotatable bonds is 5. The van der Waals surface area contributed by atoms with Crippen LogP contribution >= 0.6 is 11.6 Å². The van der Waals surface area contributed by atoms with Crippen LogP contribution in [-0.4, -0.2) is 35.8 Å². The molecular formula is C20H19ClFN3O3. The van der Waals surface area contributed by atoms with E-state index in [1.807, 2.05) is 6.07 Å². The van der Waals surface area contributed by atoms with Crippen molar-refractivity contribution in [3.8, 4) is 0 Å². The number of carbonyl (C=O) groups is 3. The Morgan fingerprint density at radius 3 is 2.50 bits per heavy atom. The van der Waals surface area contributed by atoms with Gasteiger partial charge in [-0.15, -0.1) is 0 Å². The lowest BCUT2D eigenvalue weighted by Crippen LogP contribution is -2.44. The van der Waals surface area contributed by atoms with E-state index in [4.69, 9.17) is 11.6 Å². The summed E-state index contributed by atoms with van der Waals surface area (Å²) in [5, 5.41) is 2.59. The van der Waals surface area contributed by atoms with E-state index in [1.54, 1.807) is 31.2 Å². The van der Waals surface area contributed by atoms with Crippen LogP contribution in [0.2, 0.25) is 5.02 Å². The third kappa shape index (κ3) is 3.45. The van der Waals surface area contributed by atoms with Crippen molar-refractivity contribution >= 4 is 35.1 Å². The number of para-hydroxylation sites is 1. The van der Waals surface area contributed by atoms with Gasteiger partial charge in [-0.1, -0.05) is 35.9 Å². The van der Waals surface area contributed by atoms with Gasteiger partial charge < -0.3 is 10.2 Å². The minimum atomic E-state index is -1.48. The number of halogens is 2. The van der Waals surface area contributed by atoms with Crippen LogP contribution < -0.4 is 10.2 Å². The Labute approximate surface area is 166 Å². The van der Waals surface area contributed by atoms with E-state index in [9.17, 15) is 18.8 Å². The molecule has 1 saturated heterocycles. The third-order valence-corrected chi connectivity index (χ3v) is 5.04. The van der Waals surface area contributed by atoms with E-state index in [-0.39, 0.29) is 10.6 Å². The zero-order valence-electron chi connectivity index (χ0n) is 15.4. The van der Waals surface area contributed by atoms with Crippen molar-refractivity contribution in [2.75, 3.05) is 18.0 Å². The Hall–Kier alpha value is -2.93. The summed E-state index contributed by atoms with van der Waals surface area (Å²) >= 11 is 6.08. The molecule has 1 aliphatic heterocycles. The molecule has 2 aromatic rings. The summed E-state index contributed by atoms with van der Waals surface area (Å²) in [6, 6.07) is 11.9. The van der Waals surface area contributed by atoms with Gasteiger partial charge in [0.1, 0.15) is 17.9 Å². The fourth-order valence-corrected chi connectivity index (χ4v) is 3.61. The maximum Gasteiger partial charge on any atom is 0.325 e. The van der Waals surface area contributed by atoms with Gasteiger partial charge in [-0.05, 0) is 38.1 Å². The predicted molar refractivity (Wildman–Crippen MR) is 103 cm³/mol. The summed E-state index contributed by atoms with van der Waals surface area (Å²) < 4.78 is 13.4. The molecule has 0 radical (unpaired) electrons. The van der Waals surface area contributed by atoms with E-state index < -0.39 is 35.7 Å². The quantitative estimate of drug-likeness (QED) is 0.779. The van der Waals surface area contributed by atoms with Crippen molar-refractivity contribution in [2.45, 2.75) is 19.4 Å². The molecule has 1 unspecified atom stereocenters. The van der Waals surface area contributed by atoms with Crippen LogP contribution in [0.4, 0.5) is 14.9 Å². The van der Waals surface area contributed by atoms with Crippen LogP contribution in [0, 0.1) is 5.82 Å². The Kier molecular flexibility index (Phi) is 5.38. The fourth-order valence-electron chi connectivity index (χ4n) is 3.25. The Bertz CT molecular complexity index is 938. The average molecular weight is 404 g/mol. The first-order chi connectivity index (χ1) is 13.3. The number of amides is 4. The average Bonchev–Trinajstić information content (AvgIpc) is 2.87. The molecule has 0 bridgehead atoms. The van der Waals surface area contributed by atoms with Crippen molar-refractivity contribution in [1.82, 2.24) is 10.2 Å². The monoisotopic (exact) mass is 403 g/mol. The number of urea groups is 1. The van der Waals surface area contributed by atoms with Crippen LogP contribution in [-0.2, 0) is 15.1 Å². The van der Waals surface area contributed by atoms with E-state index in [0.29, 0.717) is 12.2 Å². The van der Waals surface area contributed by atoms with E-state index in [0.717, 1.165) is 17.0 Å². The number of anilines is 1. The van der Waals surface area contributed by atoms with Crippen molar-refractivity contribution in [3.63, 3.8) is 0 Å². The van der Waals surface area contributed by atoms with Crippen molar-refractivity contribution in [1.29, 1.82) is 0 Å². The summed E-state index contributed by atoms with van der Waals surface area (Å²) in [4.78, 5) is 40.5. The highest BCUT2D eigenvalue weighted by atomic mass is 35.5. The zero-order chi connectivity index (χ0) is 20.5. The lowest BCUT2D eigenvalue weighted by Gasteiger charge is -2.25. The third-order valence-electron chi connectivity index (χ3n) is 4.72. The number of carbonyl (C=O) groups excluding carboxylic acids is 3. The zero-order valence-corrected chi connectivity index (χ0v) is 16.2. The van der Waals surface area contributed by atoms with Gasteiger partial charge in [0, 0.05) is 22.8 Å². The highest BCUT2D eigenvalue weighted by Crippen LogP contribution is 2.34. The highest BCUT2D eigenvalue weighted by Gasteiger charge is 2.50. The maximum absolute atomic E-state index is 13.4. The molecule has 0 spiro atoms. The first-order valence-electron chi connectivity index (χ1n) is 8.73.